The molecule has 3 rings (SSSR count). The molecule has 2 aromatic rings. The van der Waals surface area contributed by atoms with E-state index in [-0.39, 0.29) is 11.2 Å². The van der Waals surface area contributed by atoms with Crippen LogP contribution in [0.5, 0.6) is 0 Å². The second-order valence-corrected chi connectivity index (χ2v) is 6.29. The smallest absolute Gasteiger partial charge is 0.371 e. The highest BCUT2D eigenvalue weighted by Gasteiger charge is 2.38. The van der Waals surface area contributed by atoms with Crippen LogP contribution in [-0.2, 0) is 10.9 Å². The largest absolute Gasteiger partial charge is 0.434 e. The van der Waals surface area contributed by atoms with Crippen LogP contribution in [-0.4, -0.2) is 27.7 Å². The van der Waals surface area contributed by atoms with Crippen molar-refractivity contribution in [1.29, 1.82) is 0 Å². The first kappa shape index (κ1) is 15.3. The van der Waals surface area contributed by atoms with E-state index >= 15 is 0 Å². The van der Waals surface area contributed by atoms with Gasteiger partial charge in [0.25, 0.3) is 5.91 Å². The van der Waals surface area contributed by atoms with E-state index in [2.05, 4.69) is 20.5 Å². The molecule has 1 atom stereocenters. The van der Waals surface area contributed by atoms with Crippen molar-refractivity contribution in [2.24, 2.45) is 0 Å². The van der Waals surface area contributed by atoms with Crippen molar-refractivity contribution in [2.45, 2.75) is 25.1 Å². The highest BCUT2D eigenvalue weighted by atomic mass is 32.1. The summed E-state index contributed by atoms with van der Waals surface area (Å²) < 4.78 is 43.6. The summed E-state index contributed by atoms with van der Waals surface area (Å²) in [4.78, 5) is 14.6. The highest BCUT2D eigenvalue weighted by molar-refractivity contribution is 7.15. The van der Waals surface area contributed by atoms with Gasteiger partial charge in [0.1, 0.15) is 16.0 Å². The fourth-order valence-electron chi connectivity index (χ4n) is 1.95. The van der Waals surface area contributed by atoms with Gasteiger partial charge in [-0.05, 0) is 12.8 Å². The Kier molecular flexibility index (Phi) is 4.10. The molecule has 6 nitrogen and oxygen atoms in total. The molecule has 1 aliphatic heterocycles. The summed E-state index contributed by atoms with van der Waals surface area (Å²) in [5.74, 6) is -0.898. The number of nitrogens with one attached hydrogen (secondary N) is 1. The standard InChI is InChI=1S/C11H9F3N4O2S2/c12-11(13,14)7-6(21-4-15-7)8(19)16-10-18-17-9(22-10)5-2-1-3-20-5/h4-5H,1-3H2,(H,16,18,19). The van der Waals surface area contributed by atoms with Crippen LogP contribution in [0.1, 0.15) is 39.3 Å². The molecule has 0 aliphatic carbocycles. The van der Waals surface area contributed by atoms with Gasteiger partial charge in [0.15, 0.2) is 5.69 Å². The van der Waals surface area contributed by atoms with E-state index in [1.165, 1.54) is 0 Å². The monoisotopic (exact) mass is 350 g/mol. The molecule has 1 unspecified atom stereocenters. The van der Waals surface area contributed by atoms with E-state index < -0.39 is 22.7 Å². The van der Waals surface area contributed by atoms with Crippen LogP contribution >= 0.6 is 22.7 Å². The summed E-state index contributed by atoms with van der Waals surface area (Å²) in [6.07, 6.45) is -3.09. The summed E-state index contributed by atoms with van der Waals surface area (Å²) >= 11 is 1.72. The number of hydrogen-bond donors (Lipinski definition) is 1. The number of aromatic nitrogens is 3. The third-order valence-electron chi connectivity index (χ3n) is 2.91. The van der Waals surface area contributed by atoms with Crippen molar-refractivity contribution in [1.82, 2.24) is 15.2 Å². The lowest BCUT2D eigenvalue weighted by Gasteiger charge is -2.05. The second-order valence-electron chi connectivity index (χ2n) is 4.43. The maximum absolute atomic E-state index is 12.7. The summed E-state index contributed by atoms with van der Waals surface area (Å²) in [6.45, 7) is 0.641. The number of alkyl halides is 3. The fraction of sp³-hybridized carbons (Fsp3) is 0.455. The van der Waals surface area contributed by atoms with Gasteiger partial charge in [-0.15, -0.1) is 21.5 Å². The van der Waals surface area contributed by atoms with Crippen LogP contribution in [0.3, 0.4) is 0 Å². The summed E-state index contributed by atoms with van der Waals surface area (Å²) in [5.41, 5.74) is -0.214. The minimum Gasteiger partial charge on any atom is -0.371 e. The Morgan fingerprint density at radius 2 is 2.23 bits per heavy atom. The number of anilines is 1. The Hall–Kier alpha value is -1.59. The van der Waals surface area contributed by atoms with Crippen molar-refractivity contribution in [3.8, 4) is 0 Å². The SMILES string of the molecule is O=C(Nc1nnc(C2CCCO2)s1)c1scnc1C(F)(F)F. The number of carbonyl (C=O) groups excluding carboxylic acids is 1. The zero-order valence-electron chi connectivity index (χ0n) is 10.9. The summed E-state index contributed by atoms with van der Waals surface area (Å²) in [6, 6.07) is 0. The lowest BCUT2D eigenvalue weighted by molar-refractivity contribution is -0.141. The highest BCUT2D eigenvalue weighted by Crippen LogP contribution is 2.34. The normalized spacial score (nSPS) is 18.6. The molecule has 0 radical (unpaired) electrons. The number of carbonyl (C=O) groups is 1. The first-order valence-corrected chi connectivity index (χ1v) is 7.92. The molecule has 0 saturated carbocycles. The minimum absolute atomic E-state index is 0.136. The van der Waals surface area contributed by atoms with Crippen LogP contribution < -0.4 is 5.32 Å². The molecule has 118 valence electrons. The molecule has 0 bridgehead atoms. The molecule has 1 aliphatic rings. The number of rotatable bonds is 3. The quantitative estimate of drug-likeness (QED) is 0.920. The molecule has 1 saturated heterocycles. The van der Waals surface area contributed by atoms with Crippen LogP contribution in [0.15, 0.2) is 5.51 Å². The van der Waals surface area contributed by atoms with Crippen LogP contribution in [0.4, 0.5) is 18.3 Å². The van der Waals surface area contributed by atoms with Crippen LogP contribution in [0.2, 0.25) is 0 Å². The first-order chi connectivity index (χ1) is 10.4. The summed E-state index contributed by atoms with van der Waals surface area (Å²) in [7, 11) is 0. The van der Waals surface area contributed by atoms with Gasteiger partial charge < -0.3 is 4.74 Å². The van der Waals surface area contributed by atoms with Gasteiger partial charge in [-0.25, -0.2) is 4.98 Å². The lowest BCUT2D eigenvalue weighted by atomic mass is 10.2. The maximum atomic E-state index is 12.7. The Bertz CT molecular complexity index is 679. The molecule has 3 heterocycles. The topological polar surface area (TPSA) is 77.0 Å². The Labute approximate surface area is 130 Å². The summed E-state index contributed by atoms with van der Waals surface area (Å²) in [5, 5.41) is 10.7. The van der Waals surface area contributed by atoms with Gasteiger partial charge in [0.2, 0.25) is 5.13 Å². The van der Waals surface area contributed by atoms with Crippen molar-refractivity contribution >= 4 is 33.7 Å². The number of thiazole rings is 1. The van der Waals surface area contributed by atoms with E-state index in [1.54, 1.807) is 0 Å². The van der Waals surface area contributed by atoms with Crippen molar-refractivity contribution in [2.75, 3.05) is 11.9 Å². The molecular formula is C11H9F3N4O2S2. The van der Waals surface area contributed by atoms with E-state index in [0.717, 1.165) is 29.7 Å². The molecule has 1 fully saturated rings. The Balaban J connectivity index is 1.73. The fourth-order valence-corrected chi connectivity index (χ4v) is 3.47. The number of halogens is 3. The number of ether oxygens (including phenoxy) is 1. The Morgan fingerprint density at radius 1 is 1.41 bits per heavy atom. The van der Waals surface area contributed by atoms with E-state index in [0.29, 0.717) is 23.0 Å². The zero-order chi connectivity index (χ0) is 15.7. The number of hydrogen-bond acceptors (Lipinski definition) is 7. The molecular weight excluding hydrogens is 341 g/mol. The molecule has 1 N–H and O–H groups in total. The predicted molar refractivity (Wildman–Crippen MR) is 72.9 cm³/mol. The van der Waals surface area contributed by atoms with Crippen molar-refractivity contribution < 1.29 is 22.7 Å². The molecule has 0 aromatic carbocycles. The van der Waals surface area contributed by atoms with Crippen molar-refractivity contribution in [3.05, 3.63) is 21.1 Å². The van der Waals surface area contributed by atoms with E-state index in [9.17, 15) is 18.0 Å². The van der Waals surface area contributed by atoms with Gasteiger partial charge in [-0.2, -0.15) is 13.2 Å². The average molecular weight is 350 g/mol. The third kappa shape index (κ3) is 3.10. The van der Waals surface area contributed by atoms with E-state index in [4.69, 9.17) is 4.74 Å². The van der Waals surface area contributed by atoms with Crippen LogP contribution in [0.25, 0.3) is 0 Å². The molecule has 11 heteroatoms. The molecule has 1 amide bonds. The minimum atomic E-state index is -4.67. The van der Waals surface area contributed by atoms with Crippen LogP contribution in [0, 0.1) is 0 Å². The first-order valence-electron chi connectivity index (χ1n) is 6.22. The van der Waals surface area contributed by atoms with Gasteiger partial charge in [0, 0.05) is 6.61 Å². The average Bonchev–Trinajstić information content (AvgIpc) is 3.19. The van der Waals surface area contributed by atoms with Gasteiger partial charge in [-0.1, -0.05) is 11.3 Å². The third-order valence-corrected chi connectivity index (χ3v) is 4.66. The molecule has 2 aromatic heterocycles. The van der Waals surface area contributed by atoms with Gasteiger partial charge in [-0.3, -0.25) is 10.1 Å². The lowest BCUT2D eigenvalue weighted by Crippen LogP contribution is -2.17. The van der Waals surface area contributed by atoms with Gasteiger partial charge >= 0.3 is 6.18 Å². The predicted octanol–water partition coefficient (Wildman–Crippen LogP) is 3.12. The molecule has 0 spiro atoms. The van der Waals surface area contributed by atoms with E-state index in [1.807, 2.05) is 0 Å². The van der Waals surface area contributed by atoms with Crippen molar-refractivity contribution in [3.63, 3.8) is 0 Å². The maximum Gasteiger partial charge on any atom is 0.434 e. The number of nitrogens with zero attached hydrogens (tertiary/aromatic N) is 3. The zero-order valence-corrected chi connectivity index (χ0v) is 12.5. The molecule has 22 heavy (non-hydrogen) atoms. The second kappa shape index (κ2) is 5.89. The Morgan fingerprint density at radius 3 is 2.91 bits per heavy atom. The van der Waals surface area contributed by atoms with Gasteiger partial charge in [0.05, 0.1) is 5.51 Å². The number of amides is 1.